The van der Waals surface area contributed by atoms with E-state index in [2.05, 4.69) is 39.1 Å². The highest BCUT2D eigenvalue weighted by Crippen LogP contribution is 2.29. The van der Waals surface area contributed by atoms with E-state index in [1.54, 1.807) is 0 Å². The van der Waals surface area contributed by atoms with Crippen LogP contribution in [0.4, 0.5) is 5.69 Å². The highest BCUT2D eigenvalue weighted by molar-refractivity contribution is 5.93. The lowest BCUT2D eigenvalue weighted by atomic mass is 9.97. The summed E-state index contributed by atoms with van der Waals surface area (Å²) in [7, 11) is 0. The van der Waals surface area contributed by atoms with E-state index in [0.717, 1.165) is 35.0 Å². The third-order valence-electron chi connectivity index (χ3n) is 3.93. The smallest absolute Gasteiger partial charge is 0.339 e. The zero-order valence-corrected chi connectivity index (χ0v) is 13.6. The van der Waals surface area contributed by atoms with Gasteiger partial charge in [0.25, 0.3) is 0 Å². The number of hydrogen-bond donors (Lipinski definition) is 1. The molecule has 1 atom stereocenters. The van der Waals surface area contributed by atoms with E-state index in [9.17, 15) is 4.79 Å². The summed E-state index contributed by atoms with van der Waals surface area (Å²) in [5.41, 5.74) is 3.36. The molecule has 0 spiro atoms. The maximum atomic E-state index is 12.2. The largest absolute Gasteiger partial charge is 0.422 e. The molecule has 1 aromatic carbocycles. The molecule has 0 amide bonds. The molecule has 0 saturated carbocycles. The molecule has 3 nitrogen and oxygen atoms in total. The van der Waals surface area contributed by atoms with Crippen LogP contribution in [-0.4, -0.2) is 6.04 Å². The van der Waals surface area contributed by atoms with Crippen LogP contribution >= 0.6 is 0 Å². The molecule has 0 aliphatic carbocycles. The minimum absolute atomic E-state index is 0.200. The number of aryl methyl sites for hydroxylation is 1. The molecule has 0 aliphatic heterocycles. The number of hydrogen-bond acceptors (Lipinski definition) is 3. The lowest BCUT2D eigenvalue weighted by Gasteiger charge is -2.17. The van der Waals surface area contributed by atoms with Gasteiger partial charge in [0.2, 0.25) is 0 Å². The van der Waals surface area contributed by atoms with Crippen molar-refractivity contribution < 1.29 is 4.42 Å². The average molecular weight is 287 g/mol. The molecule has 114 valence electrons. The molecule has 3 heteroatoms. The highest BCUT2D eigenvalue weighted by Gasteiger charge is 2.15. The van der Waals surface area contributed by atoms with E-state index >= 15 is 0 Å². The molecule has 2 rings (SSSR count). The van der Waals surface area contributed by atoms with Crippen molar-refractivity contribution in [3.05, 3.63) is 39.7 Å². The molecular formula is C18H25NO2. The quantitative estimate of drug-likeness (QED) is 0.823. The molecule has 0 radical (unpaired) electrons. The van der Waals surface area contributed by atoms with Gasteiger partial charge >= 0.3 is 5.63 Å². The topological polar surface area (TPSA) is 42.2 Å². The van der Waals surface area contributed by atoms with Gasteiger partial charge in [-0.2, -0.15) is 0 Å². The molecular weight excluding hydrogens is 262 g/mol. The lowest BCUT2D eigenvalue weighted by molar-refractivity contribution is 0.533. The standard InChI is InChI=1S/C18H25NO2/c1-6-12(4)19-15-8-7-9-16-17(15)13(5)14(10-11(2)3)18(20)21-16/h7-9,11-12,19H,6,10H2,1-5H3. The van der Waals surface area contributed by atoms with Crippen molar-refractivity contribution in [3.8, 4) is 0 Å². The van der Waals surface area contributed by atoms with Gasteiger partial charge in [-0.3, -0.25) is 0 Å². The van der Waals surface area contributed by atoms with Crippen LogP contribution in [-0.2, 0) is 6.42 Å². The molecule has 0 bridgehead atoms. The summed E-state index contributed by atoms with van der Waals surface area (Å²) >= 11 is 0. The maximum absolute atomic E-state index is 12.2. The van der Waals surface area contributed by atoms with Crippen LogP contribution in [0.1, 0.15) is 45.2 Å². The van der Waals surface area contributed by atoms with E-state index in [0.29, 0.717) is 17.5 Å². The van der Waals surface area contributed by atoms with Gasteiger partial charge in [0, 0.05) is 22.7 Å². The summed E-state index contributed by atoms with van der Waals surface area (Å²) in [5, 5.41) is 4.55. The first-order valence-electron chi connectivity index (χ1n) is 7.75. The summed E-state index contributed by atoms with van der Waals surface area (Å²) in [5.74, 6) is 0.429. The van der Waals surface area contributed by atoms with Gasteiger partial charge in [-0.05, 0) is 50.3 Å². The minimum Gasteiger partial charge on any atom is -0.422 e. The Morgan fingerprint density at radius 1 is 1.24 bits per heavy atom. The first kappa shape index (κ1) is 15.6. The van der Waals surface area contributed by atoms with Gasteiger partial charge in [0.05, 0.1) is 0 Å². The molecule has 1 aromatic heterocycles. The fourth-order valence-electron chi connectivity index (χ4n) is 2.60. The van der Waals surface area contributed by atoms with Gasteiger partial charge in [0.15, 0.2) is 0 Å². The second-order valence-corrected chi connectivity index (χ2v) is 6.22. The van der Waals surface area contributed by atoms with Gasteiger partial charge < -0.3 is 9.73 Å². The van der Waals surface area contributed by atoms with Crippen LogP contribution in [0.2, 0.25) is 0 Å². The van der Waals surface area contributed by atoms with Gasteiger partial charge in [0.1, 0.15) is 5.58 Å². The third kappa shape index (κ3) is 3.29. The number of nitrogens with one attached hydrogen (secondary N) is 1. The first-order valence-corrected chi connectivity index (χ1v) is 7.75. The Morgan fingerprint density at radius 3 is 2.57 bits per heavy atom. The fourth-order valence-corrected chi connectivity index (χ4v) is 2.60. The molecule has 1 unspecified atom stereocenters. The molecule has 2 aromatic rings. The summed E-state index contributed by atoms with van der Waals surface area (Å²) in [4.78, 5) is 12.2. The highest BCUT2D eigenvalue weighted by atomic mass is 16.4. The van der Waals surface area contributed by atoms with Crippen LogP contribution in [0.5, 0.6) is 0 Å². The normalized spacial score (nSPS) is 12.9. The van der Waals surface area contributed by atoms with Crippen molar-refractivity contribution in [1.82, 2.24) is 0 Å². The molecule has 21 heavy (non-hydrogen) atoms. The second-order valence-electron chi connectivity index (χ2n) is 6.22. The summed E-state index contributed by atoms with van der Waals surface area (Å²) in [6, 6.07) is 6.23. The Kier molecular flexibility index (Phi) is 4.71. The van der Waals surface area contributed by atoms with Gasteiger partial charge in [-0.15, -0.1) is 0 Å². The Hall–Kier alpha value is -1.77. The Bertz CT molecular complexity index is 685. The molecule has 0 aliphatic rings. The van der Waals surface area contributed by atoms with Crippen molar-refractivity contribution in [2.45, 2.75) is 53.5 Å². The van der Waals surface area contributed by atoms with E-state index < -0.39 is 0 Å². The predicted molar refractivity (Wildman–Crippen MR) is 89.1 cm³/mol. The monoisotopic (exact) mass is 287 g/mol. The number of rotatable bonds is 5. The third-order valence-corrected chi connectivity index (χ3v) is 3.93. The van der Waals surface area contributed by atoms with Crippen LogP contribution in [0.15, 0.2) is 27.4 Å². The molecule has 1 heterocycles. The number of fused-ring (bicyclic) bond motifs is 1. The molecule has 0 saturated heterocycles. The van der Waals surface area contributed by atoms with Crippen LogP contribution in [0.3, 0.4) is 0 Å². The second kappa shape index (κ2) is 6.33. The molecule has 0 fully saturated rings. The minimum atomic E-state index is -0.200. The zero-order valence-electron chi connectivity index (χ0n) is 13.6. The summed E-state index contributed by atoms with van der Waals surface area (Å²) in [6.07, 6.45) is 1.80. The van der Waals surface area contributed by atoms with Crippen molar-refractivity contribution in [2.24, 2.45) is 5.92 Å². The van der Waals surface area contributed by atoms with Crippen molar-refractivity contribution in [2.75, 3.05) is 5.32 Å². The van der Waals surface area contributed by atoms with E-state index in [1.165, 1.54) is 0 Å². The fraction of sp³-hybridized carbons (Fsp3) is 0.500. The molecule has 1 N–H and O–H groups in total. The van der Waals surface area contributed by atoms with E-state index in [-0.39, 0.29) is 5.63 Å². The Morgan fingerprint density at radius 2 is 1.95 bits per heavy atom. The van der Waals surface area contributed by atoms with Gasteiger partial charge in [-0.25, -0.2) is 4.79 Å². The summed E-state index contributed by atoms with van der Waals surface area (Å²) in [6.45, 7) is 10.6. The number of benzene rings is 1. The lowest BCUT2D eigenvalue weighted by Crippen LogP contribution is -2.16. The Labute approximate surface area is 126 Å². The van der Waals surface area contributed by atoms with Crippen LogP contribution < -0.4 is 10.9 Å². The maximum Gasteiger partial charge on any atom is 0.339 e. The Balaban J connectivity index is 2.64. The SMILES string of the molecule is CCC(C)Nc1cccc2oc(=O)c(CC(C)C)c(C)c12. The van der Waals surface area contributed by atoms with Crippen molar-refractivity contribution in [3.63, 3.8) is 0 Å². The first-order chi connectivity index (χ1) is 9.93. The van der Waals surface area contributed by atoms with Crippen molar-refractivity contribution >= 4 is 16.7 Å². The van der Waals surface area contributed by atoms with Crippen LogP contribution in [0, 0.1) is 12.8 Å². The number of anilines is 1. The summed E-state index contributed by atoms with van der Waals surface area (Å²) < 4.78 is 5.53. The van der Waals surface area contributed by atoms with Gasteiger partial charge in [-0.1, -0.05) is 26.8 Å². The predicted octanol–water partition coefficient (Wildman–Crippen LogP) is 4.51. The van der Waals surface area contributed by atoms with Crippen LogP contribution in [0.25, 0.3) is 11.0 Å². The average Bonchev–Trinajstić information content (AvgIpc) is 2.42. The zero-order chi connectivity index (χ0) is 15.6. The van der Waals surface area contributed by atoms with E-state index in [1.807, 2.05) is 19.1 Å². The van der Waals surface area contributed by atoms with E-state index in [4.69, 9.17) is 4.42 Å². The van der Waals surface area contributed by atoms with Crippen molar-refractivity contribution in [1.29, 1.82) is 0 Å².